The predicted molar refractivity (Wildman–Crippen MR) is 108 cm³/mol. The first-order valence-electron chi connectivity index (χ1n) is 9.18. The van der Waals surface area contributed by atoms with Crippen molar-refractivity contribution in [1.29, 1.82) is 0 Å². The van der Waals surface area contributed by atoms with Crippen molar-refractivity contribution in [3.05, 3.63) is 75.7 Å². The van der Waals surface area contributed by atoms with E-state index in [9.17, 15) is 19.7 Å². The minimum atomic E-state index is -0.812. The summed E-state index contributed by atoms with van der Waals surface area (Å²) in [5.41, 5.74) is 1.86. The van der Waals surface area contributed by atoms with E-state index in [4.69, 9.17) is 0 Å². The van der Waals surface area contributed by atoms with Crippen LogP contribution in [0.25, 0.3) is 6.08 Å². The van der Waals surface area contributed by atoms with Crippen LogP contribution in [0.3, 0.4) is 0 Å². The summed E-state index contributed by atoms with van der Waals surface area (Å²) in [5.74, 6) is -0.583. The Bertz CT molecular complexity index is 945. The molecule has 1 aliphatic heterocycles. The van der Waals surface area contributed by atoms with E-state index in [0.29, 0.717) is 30.5 Å². The number of benzene rings is 1. The van der Waals surface area contributed by atoms with Gasteiger partial charge in [0.05, 0.1) is 10.5 Å². The number of likely N-dealkylation sites (N-methyl/N-ethyl adjacent to an activating group) is 2. The van der Waals surface area contributed by atoms with Crippen LogP contribution < -0.4 is 0 Å². The van der Waals surface area contributed by atoms with Gasteiger partial charge < -0.3 is 4.90 Å². The number of nitro groups is 1. The van der Waals surface area contributed by atoms with Gasteiger partial charge >= 0.3 is 0 Å². The molecule has 1 saturated heterocycles. The number of rotatable bonds is 6. The lowest BCUT2D eigenvalue weighted by atomic mass is 9.94. The quantitative estimate of drug-likeness (QED) is 0.320. The van der Waals surface area contributed by atoms with E-state index < -0.39 is 16.7 Å². The Kier molecular flexibility index (Phi) is 6.13. The fourth-order valence-electron chi connectivity index (χ4n) is 3.70. The largest absolute Gasteiger partial charge is 0.375 e. The molecule has 0 radical (unpaired) electrons. The molecule has 2 atom stereocenters. The summed E-state index contributed by atoms with van der Waals surface area (Å²) in [4.78, 5) is 42.3. The van der Waals surface area contributed by atoms with Gasteiger partial charge in [0.1, 0.15) is 12.2 Å². The SMILES string of the molecule is CN1CC(Cc2ccccc2)N(C)C(C(=O)C=O)C1=Cc1ccncc1[N+](=O)[O-]. The first kappa shape index (κ1) is 20.3. The maximum atomic E-state index is 12.5. The van der Waals surface area contributed by atoms with Gasteiger partial charge in [-0.15, -0.1) is 0 Å². The Balaban J connectivity index is 1.99. The molecule has 1 fully saturated rings. The van der Waals surface area contributed by atoms with Crippen molar-refractivity contribution in [2.75, 3.05) is 20.6 Å². The van der Waals surface area contributed by atoms with Crippen LogP contribution >= 0.6 is 0 Å². The van der Waals surface area contributed by atoms with E-state index >= 15 is 0 Å². The number of carbonyl (C=O) groups excluding carboxylic acids is 2. The highest BCUT2D eigenvalue weighted by molar-refractivity contribution is 6.28. The van der Waals surface area contributed by atoms with Crippen molar-refractivity contribution < 1.29 is 14.5 Å². The molecule has 1 aromatic carbocycles. The number of aromatic nitrogens is 1. The van der Waals surface area contributed by atoms with Crippen molar-refractivity contribution in [2.45, 2.75) is 18.5 Å². The second-order valence-corrected chi connectivity index (χ2v) is 7.07. The van der Waals surface area contributed by atoms with Crippen LogP contribution in [0.1, 0.15) is 11.1 Å². The average Bonchev–Trinajstić information content (AvgIpc) is 2.72. The van der Waals surface area contributed by atoms with Crippen LogP contribution in [0.5, 0.6) is 0 Å². The standard InChI is InChI=1S/C21H22N4O4/c1-23-13-17(10-15-6-4-3-5-7-15)24(2)21(20(27)14-26)18(23)11-16-8-9-22-12-19(16)25(28)29/h3-9,11-12,14,17,21H,10,13H2,1-2H3. The molecule has 0 bridgehead atoms. The third-order valence-electron chi connectivity index (χ3n) is 5.22. The van der Waals surface area contributed by atoms with Gasteiger partial charge in [-0.25, -0.2) is 0 Å². The Morgan fingerprint density at radius 1 is 1.28 bits per heavy atom. The van der Waals surface area contributed by atoms with E-state index in [1.807, 2.05) is 54.2 Å². The Labute approximate surface area is 168 Å². The maximum Gasteiger partial charge on any atom is 0.294 e. The summed E-state index contributed by atoms with van der Waals surface area (Å²) in [6.07, 6.45) is 5.26. The summed E-state index contributed by atoms with van der Waals surface area (Å²) in [7, 11) is 3.64. The molecule has 29 heavy (non-hydrogen) atoms. The van der Waals surface area contributed by atoms with E-state index in [1.54, 1.807) is 6.08 Å². The molecule has 3 rings (SSSR count). The molecule has 150 valence electrons. The number of ketones is 1. The second-order valence-electron chi connectivity index (χ2n) is 7.07. The third kappa shape index (κ3) is 4.38. The molecule has 8 heteroatoms. The number of Topliss-reactive ketones (excluding diaryl/α,β-unsaturated/α-hetero) is 1. The first-order chi connectivity index (χ1) is 13.9. The fourth-order valence-corrected chi connectivity index (χ4v) is 3.70. The van der Waals surface area contributed by atoms with E-state index in [1.165, 1.54) is 18.5 Å². The summed E-state index contributed by atoms with van der Waals surface area (Å²) in [5, 5.41) is 11.3. The van der Waals surface area contributed by atoms with Crippen molar-refractivity contribution >= 4 is 23.8 Å². The highest BCUT2D eigenvalue weighted by atomic mass is 16.6. The fraction of sp³-hybridized carbons (Fsp3) is 0.286. The first-order valence-corrected chi connectivity index (χ1v) is 9.18. The normalized spacial score (nSPS) is 21.2. The third-order valence-corrected chi connectivity index (χ3v) is 5.22. The molecule has 0 spiro atoms. The number of hydrogen-bond acceptors (Lipinski definition) is 7. The van der Waals surface area contributed by atoms with Crippen molar-refractivity contribution in [1.82, 2.24) is 14.8 Å². The molecular formula is C21H22N4O4. The zero-order valence-electron chi connectivity index (χ0n) is 16.3. The van der Waals surface area contributed by atoms with Gasteiger partial charge in [-0.2, -0.15) is 0 Å². The van der Waals surface area contributed by atoms with Crippen molar-refractivity contribution in [3.63, 3.8) is 0 Å². The molecule has 0 saturated carbocycles. The number of pyridine rings is 1. The van der Waals surface area contributed by atoms with Crippen LogP contribution in [0, 0.1) is 10.1 Å². The molecule has 0 aliphatic carbocycles. The summed E-state index contributed by atoms with van der Waals surface area (Å²) in [6, 6.07) is 10.6. The smallest absolute Gasteiger partial charge is 0.294 e. The molecule has 8 nitrogen and oxygen atoms in total. The molecule has 1 aromatic heterocycles. The van der Waals surface area contributed by atoms with Gasteiger partial charge in [-0.3, -0.25) is 29.6 Å². The van der Waals surface area contributed by atoms with Gasteiger partial charge in [0.25, 0.3) is 5.69 Å². The molecule has 1 aliphatic rings. The Hall–Kier alpha value is -3.39. The summed E-state index contributed by atoms with van der Waals surface area (Å²) < 4.78 is 0. The molecule has 2 heterocycles. The molecular weight excluding hydrogens is 372 g/mol. The Morgan fingerprint density at radius 3 is 2.66 bits per heavy atom. The molecule has 0 amide bonds. The highest BCUT2D eigenvalue weighted by Crippen LogP contribution is 2.29. The molecule has 0 N–H and O–H groups in total. The lowest BCUT2D eigenvalue weighted by Gasteiger charge is -2.45. The van der Waals surface area contributed by atoms with Crippen molar-refractivity contribution in [3.8, 4) is 0 Å². The van der Waals surface area contributed by atoms with Gasteiger partial charge in [0.15, 0.2) is 6.29 Å². The van der Waals surface area contributed by atoms with Crippen LogP contribution in [0.2, 0.25) is 0 Å². The minimum absolute atomic E-state index is 0.000811. The van der Waals surface area contributed by atoms with Gasteiger partial charge in [0.2, 0.25) is 5.78 Å². The maximum absolute atomic E-state index is 12.5. The van der Waals surface area contributed by atoms with Crippen LogP contribution in [0.4, 0.5) is 5.69 Å². The minimum Gasteiger partial charge on any atom is -0.375 e. The lowest BCUT2D eigenvalue weighted by Crippen LogP contribution is -2.58. The number of aldehydes is 1. The average molecular weight is 394 g/mol. The van der Waals surface area contributed by atoms with Gasteiger partial charge in [0, 0.05) is 31.5 Å². The van der Waals surface area contributed by atoms with Gasteiger partial charge in [-0.05, 0) is 31.2 Å². The lowest BCUT2D eigenvalue weighted by molar-refractivity contribution is -0.385. The predicted octanol–water partition coefficient (Wildman–Crippen LogP) is 1.96. The number of carbonyl (C=O) groups is 2. The van der Waals surface area contributed by atoms with Gasteiger partial charge in [-0.1, -0.05) is 30.3 Å². The van der Waals surface area contributed by atoms with E-state index in [-0.39, 0.29) is 11.7 Å². The topological polar surface area (TPSA) is 96.7 Å². The van der Waals surface area contributed by atoms with Crippen molar-refractivity contribution in [2.24, 2.45) is 0 Å². The summed E-state index contributed by atoms with van der Waals surface area (Å²) >= 11 is 0. The summed E-state index contributed by atoms with van der Waals surface area (Å²) in [6.45, 7) is 0.610. The number of nitrogens with zero attached hydrogens (tertiary/aromatic N) is 4. The van der Waals surface area contributed by atoms with E-state index in [0.717, 1.165) is 5.56 Å². The second kappa shape index (κ2) is 8.74. The zero-order valence-corrected chi connectivity index (χ0v) is 16.3. The van der Waals surface area contributed by atoms with Crippen LogP contribution in [-0.4, -0.2) is 64.5 Å². The molecule has 2 unspecified atom stereocenters. The molecule has 2 aromatic rings. The van der Waals surface area contributed by atoms with Crippen LogP contribution in [0.15, 0.2) is 54.5 Å². The number of hydrogen-bond donors (Lipinski definition) is 0. The Morgan fingerprint density at radius 2 is 2.00 bits per heavy atom. The number of piperazine rings is 1. The van der Waals surface area contributed by atoms with E-state index in [2.05, 4.69) is 4.98 Å². The highest BCUT2D eigenvalue weighted by Gasteiger charge is 2.38. The van der Waals surface area contributed by atoms with Crippen LogP contribution in [-0.2, 0) is 16.0 Å². The zero-order chi connectivity index (χ0) is 21.0. The monoisotopic (exact) mass is 394 g/mol.